The van der Waals surface area contributed by atoms with E-state index in [4.69, 9.17) is 10.7 Å². The molecule has 3 heterocycles. The van der Waals surface area contributed by atoms with Crippen LogP contribution in [0.15, 0.2) is 29.1 Å². The van der Waals surface area contributed by atoms with Crippen LogP contribution in [0.1, 0.15) is 42.5 Å². The first-order chi connectivity index (χ1) is 14.1. The summed E-state index contributed by atoms with van der Waals surface area (Å²) in [7, 11) is 0. The van der Waals surface area contributed by atoms with Gasteiger partial charge in [0.2, 0.25) is 11.9 Å². The number of para-hydroxylation sites is 1. The predicted octanol–water partition coefficient (Wildman–Crippen LogP) is 1.49. The second-order valence-electron chi connectivity index (χ2n) is 8.49. The SMILES string of the molecule is NCC(=O)N1CC2(CCN(c3nc4c(c(=O)[nH]3)CCCC4)CC2)c2ccccc21. The second-order valence-corrected chi connectivity index (χ2v) is 8.49. The molecule has 152 valence electrons. The number of nitrogens with zero attached hydrogens (tertiary/aromatic N) is 3. The van der Waals surface area contributed by atoms with Crippen LogP contribution in [0.25, 0.3) is 0 Å². The van der Waals surface area contributed by atoms with E-state index in [2.05, 4.69) is 16.0 Å². The number of aromatic nitrogens is 2. The molecule has 2 aliphatic heterocycles. The van der Waals surface area contributed by atoms with Gasteiger partial charge in [-0.25, -0.2) is 4.98 Å². The number of fused-ring (bicyclic) bond motifs is 3. The van der Waals surface area contributed by atoms with E-state index in [9.17, 15) is 9.59 Å². The minimum atomic E-state index is -0.0492. The number of amides is 1. The first-order valence-corrected chi connectivity index (χ1v) is 10.6. The van der Waals surface area contributed by atoms with Gasteiger partial charge in [0.1, 0.15) is 0 Å². The van der Waals surface area contributed by atoms with Crippen molar-refractivity contribution in [3.63, 3.8) is 0 Å². The number of hydrogen-bond donors (Lipinski definition) is 2. The summed E-state index contributed by atoms with van der Waals surface area (Å²) in [6, 6.07) is 8.19. The second kappa shape index (κ2) is 6.99. The van der Waals surface area contributed by atoms with Gasteiger partial charge in [-0.3, -0.25) is 14.6 Å². The molecule has 1 aromatic carbocycles. The number of anilines is 2. The van der Waals surface area contributed by atoms with Gasteiger partial charge in [0, 0.05) is 36.3 Å². The first-order valence-electron chi connectivity index (χ1n) is 10.6. The van der Waals surface area contributed by atoms with E-state index < -0.39 is 0 Å². The zero-order chi connectivity index (χ0) is 20.0. The highest BCUT2D eigenvalue weighted by molar-refractivity contribution is 5.97. The molecule has 2 aromatic rings. The summed E-state index contributed by atoms with van der Waals surface area (Å²) in [6.07, 6.45) is 5.74. The summed E-state index contributed by atoms with van der Waals surface area (Å²) in [6.45, 7) is 2.32. The minimum absolute atomic E-state index is 0.0240. The number of carbonyl (C=O) groups excluding carboxylic acids is 1. The van der Waals surface area contributed by atoms with Crippen LogP contribution in [0.3, 0.4) is 0 Å². The largest absolute Gasteiger partial charge is 0.342 e. The van der Waals surface area contributed by atoms with Crippen molar-refractivity contribution in [2.24, 2.45) is 5.73 Å². The minimum Gasteiger partial charge on any atom is -0.342 e. The lowest BCUT2D eigenvalue weighted by molar-refractivity contribution is -0.117. The van der Waals surface area contributed by atoms with Crippen molar-refractivity contribution < 1.29 is 4.79 Å². The van der Waals surface area contributed by atoms with Gasteiger partial charge in [-0.15, -0.1) is 0 Å². The molecule has 1 fully saturated rings. The summed E-state index contributed by atoms with van der Waals surface area (Å²) in [5, 5.41) is 0. The number of hydrogen-bond acceptors (Lipinski definition) is 5. The fourth-order valence-electron chi connectivity index (χ4n) is 5.28. The Labute approximate surface area is 169 Å². The molecule has 3 N–H and O–H groups in total. The van der Waals surface area contributed by atoms with Crippen LogP contribution >= 0.6 is 0 Å². The molecule has 29 heavy (non-hydrogen) atoms. The van der Waals surface area contributed by atoms with Gasteiger partial charge in [-0.2, -0.15) is 0 Å². The normalized spacial score (nSPS) is 19.9. The van der Waals surface area contributed by atoms with E-state index >= 15 is 0 Å². The Bertz CT molecular complexity index is 1010. The number of aryl methyl sites for hydroxylation is 1. The summed E-state index contributed by atoms with van der Waals surface area (Å²) >= 11 is 0. The highest BCUT2D eigenvalue weighted by atomic mass is 16.2. The standard InChI is InChI=1S/C22H27N5O2/c23-13-19(28)27-14-22(16-6-2-4-8-18(16)27)9-11-26(12-10-22)21-24-17-7-3-1-5-15(17)20(29)25-21/h2,4,6,8H,1,3,5,7,9-14,23H2,(H,24,25,29). The van der Waals surface area contributed by atoms with E-state index in [1.54, 1.807) is 0 Å². The molecule has 0 unspecified atom stereocenters. The summed E-state index contributed by atoms with van der Waals surface area (Å²) in [4.78, 5) is 36.8. The molecule has 0 bridgehead atoms. The van der Waals surface area contributed by atoms with Gasteiger partial charge >= 0.3 is 0 Å². The maximum Gasteiger partial charge on any atom is 0.255 e. The van der Waals surface area contributed by atoms with E-state index in [-0.39, 0.29) is 23.4 Å². The quantitative estimate of drug-likeness (QED) is 0.806. The fourth-order valence-corrected chi connectivity index (χ4v) is 5.28. The Morgan fingerprint density at radius 2 is 1.93 bits per heavy atom. The topological polar surface area (TPSA) is 95.3 Å². The zero-order valence-electron chi connectivity index (χ0n) is 16.6. The Morgan fingerprint density at radius 3 is 2.72 bits per heavy atom. The third-order valence-electron chi connectivity index (χ3n) is 6.90. The Balaban J connectivity index is 1.40. The molecular formula is C22H27N5O2. The Kier molecular flexibility index (Phi) is 4.42. The Hall–Kier alpha value is -2.67. The number of nitrogens with one attached hydrogen (secondary N) is 1. The highest BCUT2D eigenvalue weighted by Gasteiger charge is 2.46. The molecule has 0 saturated carbocycles. The number of aromatic amines is 1. The number of H-pyrrole nitrogens is 1. The van der Waals surface area contributed by atoms with Crippen molar-refractivity contribution in [2.45, 2.75) is 43.9 Å². The van der Waals surface area contributed by atoms with Crippen LogP contribution in [0.4, 0.5) is 11.6 Å². The molecule has 0 radical (unpaired) electrons. The predicted molar refractivity (Wildman–Crippen MR) is 112 cm³/mol. The lowest BCUT2D eigenvalue weighted by Crippen LogP contribution is -2.47. The third-order valence-corrected chi connectivity index (χ3v) is 6.90. The lowest BCUT2D eigenvalue weighted by atomic mass is 9.74. The Morgan fingerprint density at radius 1 is 1.17 bits per heavy atom. The number of rotatable bonds is 2. The summed E-state index contributed by atoms with van der Waals surface area (Å²) in [5.41, 5.74) is 9.71. The van der Waals surface area contributed by atoms with Gasteiger partial charge in [0.05, 0.1) is 12.2 Å². The number of piperidine rings is 1. The van der Waals surface area contributed by atoms with E-state index in [1.807, 2.05) is 23.1 Å². The molecule has 1 aromatic heterocycles. The van der Waals surface area contributed by atoms with Crippen LogP contribution in [0.5, 0.6) is 0 Å². The van der Waals surface area contributed by atoms with Crippen molar-refractivity contribution >= 4 is 17.5 Å². The molecule has 1 amide bonds. The van der Waals surface area contributed by atoms with Crippen molar-refractivity contribution in [1.82, 2.24) is 9.97 Å². The van der Waals surface area contributed by atoms with E-state index in [0.717, 1.165) is 68.6 Å². The summed E-state index contributed by atoms with van der Waals surface area (Å²) < 4.78 is 0. The van der Waals surface area contributed by atoms with Crippen molar-refractivity contribution in [3.8, 4) is 0 Å². The van der Waals surface area contributed by atoms with Crippen LogP contribution in [0.2, 0.25) is 0 Å². The van der Waals surface area contributed by atoms with Crippen molar-refractivity contribution in [2.75, 3.05) is 36.0 Å². The molecule has 0 atom stereocenters. The molecule has 3 aliphatic rings. The molecule has 7 heteroatoms. The summed E-state index contributed by atoms with van der Waals surface area (Å²) in [5.74, 6) is 0.670. The first kappa shape index (κ1) is 18.4. The van der Waals surface area contributed by atoms with Gasteiger partial charge in [-0.1, -0.05) is 18.2 Å². The van der Waals surface area contributed by atoms with Gasteiger partial charge in [0.15, 0.2) is 0 Å². The van der Waals surface area contributed by atoms with Crippen LogP contribution < -0.4 is 21.1 Å². The number of carbonyl (C=O) groups is 1. The van der Waals surface area contributed by atoms with Crippen molar-refractivity contribution in [3.05, 3.63) is 51.4 Å². The van der Waals surface area contributed by atoms with Crippen molar-refractivity contribution in [1.29, 1.82) is 0 Å². The van der Waals surface area contributed by atoms with Gasteiger partial charge in [-0.05, 0) is 50.2 Å². The van der Waals surface area contributed by atoms with E-state index in [0.29, 0.717) is 12.5 Å². The highest BCUT2D eigenvalue weighted by Crippen LogP contribution is 2.47. The van der Waals surface area contributed by atoms with Gasteiger partial charge < -0.3 is 15.5 Å². The molecule has 5 rings (SSSR count). The molecule has 1 aliphatic carbocycles. The van der Waals surface area contributed by atoms with Gasteiger partial charge in [0.25, 0.3) is 5.56 Å². The maximum atomic E-state index is 12.5. The monoisotopic (exact) mass is 393 g/mol. The van der Waals surface area contributed by atoms with Crippen LogP contribution in [-0.2, 0) is 23.1 Å². The lowest BCUT2D eigenvalue weighted by Gasteiger charge is -2.40. The smallest absolute Gasteiger partial charge is 0.255 e. The van der Waals surface area contributed by atoms with E-state index in [1.165, 1.54) is 5.56 Å². The fraction of sp³-hybridized carbons (Fsp3) is 0.500. The third kappa shape index (κ3) is 2.95. The molecular weight excluding hydrogens is 366 g/mol. The molecule has 7 nitrogen and oxygen atoms in total. The average Bonchev–Trinajstić information content (AvgIpc) is 3.08. The molecule has 1 spiro atoms. The molecule has 1 saturated heterocycles. The zero-order valence-corrected chi connectivity index (χ0v) is 16.6. The average molecular weight is 393 g/mol. The number of nitrogens with two attached hydrogens (primary N) is 1. The maximum absolute atomic E-state index is 12.5. The van der Waals surface area contributed by atoms with Crippen LogP contribution in [0, 0.1) is 0 Å². The van der Waals surface area contributed by atoms with Crippen LogP contribution in [-0.4, -0.2) is 42.1 Å². The number of benzene rings is 1.